The Morgan fingerprint density at radius 2 is 2.24 bits per heavy atom. The van der Waals surface area contributed by atoms with Crippen molar-refractivity contribution in [2.75, 3.05) is 37.5 Å². The molecule has 0 amide bonds. The van der Waals surface area contributed by atoms with Crippen LogP contribution in [-0.4, -0.2) is 43.9 Å². The van der Waals surface area contributed by atoms with Crippen LogP contribution in [0.2, 0.25) is 0 Å². The lowest BCUT2D eigenvalue weighted by Gasteiger charge is -2.40. The van der Waals surface area contributed by atoms with Gasteiger partial charge in [0, 0.05) is 55.0 Å². The first-order valence-electron chi connectivity index (χ1n) is 7.50. The van der Waals surface area contributed by atoms with Gasteiger partial charge in [0.2, 0.25) is 0 Å². The number of ether oxygens (including phenoxy) is 1. The molecule has 0 radical (unpaired) electrons. The van der Waals surface area contributed by atoms with Crippen LogP contribution in [0, 0.1) is 5.82 Å². The van der Waals surface area contributed by atoms with E-state index >= 15 is 0 Å². The van der Waals surface area contributed by atoms with Gasteiger partial charge in [-0.3, -0.25) is 0 Å². The Morgan fingerprint density at radius 3 is 3.00 bits per heavy atom. The highest BCUT2D eigenvalue weighted by Gasteiger charge is 2.27. The van der Waals surface area contributed by atoms with Gasteiger partial charge in [-0.05, 0) is 19.1 Å². The van der Waals surface area contributed by atoms with Crippen LogP contribution in [0.4, 0.5) is 10.1 Å². The highest BCUT2D eigenvalue weighted by Crippen LogP contribution is 2.32. The minimum absolute atomic E-state index is 0.129. The SMILES string of the molecule is COCCNCc1c(F)cccc1N1CCSC(C)C1C. The molecule has 118 valence electrons. The van der Waals surface area contributed by atoms with Crippen molar-refractivity contribution in [2.24, 2.45) is 0 Å². The number of hydrogen-bond acceptors (Lipinski definition) is 4. The molecule has 0 spiro atoms. The lowest BCUT2D eigenvalue weighted by atomic mass is 10.1. The second kappa shape index (κ2) is 8.01. The number of anilines is 1. The second-order valence-electron chi connectivity index (χ2n) is 5.42. The molecule has 0 bridgehead atoms. The molecular formula is C16H25FN2OS. The van der Waals surface area contributed by atoms with Gasteiger partial charge in [0.1, 0.15) is 5.82 Å². The predicted octanol–water partition coefficient (Wildman–Crippen LogP) is 2.89. The van der Waals surface area contributed by atoms with Crippen molar-refractivity contribution >= 4 is 17.4 Å². The number of rotatable bonds is 6. The molecule has 5 heteroatoms. The first-order valence-corrected chi connectivity index (χ1v) is 8.55. The monoisotopic (exact) mass is 312 g/mol. The van der Waals surface area contributed by atoms with Crippen LogP contribution in [0.1, 0.15) is 19.4 Å². The third-order valence-electron chi connectivity index (χ3n) is 4.07. The Morgan fingerprint density at radius 1 is 1.43 bits per heavy atom. The van der Waals surface area contributed by atoms with Gasteiger partial charge in [-0.25, -0.2) is 4.39 Å². The number of hydrogen-bond donors (Lipinski definition) is 1. The molecule has 1 fully saturated rings. The van der Waals surface area contributed by atoms with Crippen molar-refractivity contribution in [1.29, 1.82) is 0 Å². The minimum atomic E-state index is -0.129. The molecule has 0 aromatic heterocycles. The zero-order valence-electron chi connectivity index (χ0n) is 13.1. The Hall–Kier alpha value is -0.780. The zero-order chi connectivity index (χ0) is 15.2. The van der Waals surface area contributed by atoms with E-state index < -0.39 is 0 Å². The van der Waals surface area contributed by atoms with Gasteiger partial charge in [-0.2, -0.15) is 11.8 Å². The van der Waals surface area contributed by atoms with E-state index in [0.29, 0.717) is 24.4 Å². The topological polar surface area (TPSA) is 24.5 Å². The largest absolute Gasteiger partial charge is 0.383 e. The number of nitrogens with one attached hydrogen (secondary N) is 1. The number of methoxy groups -OCH3 is 1. The van der Waals surface area contributed by atoms with Crippen LogP contribution in [0.5, 0.6) is 0 Å². The molecule has 1 heterocycles. The Kier molecular flexibility index (Phi) is 6.33. The first kappa shape index (κ1) is 16.6. The summed E-state index contributed by atoms with van der Waals surface area (Å²) in [6, 6.07) is 5.81. The molecule has 2 atom stereocenters. The standard InChI is InChI=1S/C16H25FN2OS/c1-12-13(2)21-10-8-19(12)16-6-4-5-15(17)14(16)11-18-7-9-20-3/h4-6,12-13,18H,7-11H2,1-3H3. The maximum Gasteiger partial charge on any atom is 0.129 e. The first-order chi connectivity index (χ1) is 10.1. The fraction of sp³-hybridized carbons (Fsp3) is 0.625. The maximum atomic E-state index is 14.2. The summed E-state index contributed by atoms with van der Waals surface area (Å²) in [6.45, 7) is 7.35. The number of nitrogens with zero attached hydrogens (tertiary/aromatic N) is 1. The summed E-state index contributed by atoms with van der Waals surface area (Å²) in [4.78, 5) is 2.34. The summed E-state index contributed by atoms with van der Waals surface area (Å²) < 4.78 is 19.3. The van der Waals surface area contributed by atoms with Crippen molar-refractivity contribution in [1.82, 2.24) is 5.32 Å². The molecule has 1 saturated heterocycles. The molecule has 1 aliphatic heterocycles. The quantitative estimate of drug-likeness (QED) is 0.816. The molecule has 1 N–H and O–H groups in total. The fourth-order valence-corrected chi connectivity index (χ4v) is 3.75. The summed E-state index contributed by atoms with van der Waals surface area (Å²) in [5.41, 5.74) is 1.79. The van der Waals surface area contributed by atoms with E-state index in [9.17, 15) is 4.39 Å². The number of thioether (sulfide) groups is 1. The molecule has 1 aliphatic rings. The molecule has 2 rings (SSSR count). The molecule has 1 aromatic carbocycles. The van der Waals surface area contributed by atoms with Crippen molar-refractivity contribution in [3.63, 3.8) is 0 Å². The molecule has 0 saturated carbocycles. The average Bonchev–Trinajstić information content (AvgIpc) is 2.48. The third kappa shape index (κ3) is 4.11. The lowest BCUT2D eigenvalue weighted by molar-refractivity contribution is 0.199. The smallest absolute Gasteiger partial charge is 0.129 e. The average molecular weight is 312 g/mol. The van der Waals surface area contributed by atoms with E-state index in [-0.39, 0.29) is 5.82 Å². The van der Waals surface area contributed by atoms with E-state index in [4.69, 9.17) is 4.74 Å². The van der Waals surface area contributed by atoms with Crippen LogP contribution in [0.15, 0.2) is 18.2 Å². The van der Waals surface area contributed by atoms with Crippen LogP contribution >= 0.6 is 11.8 Å². The van der Waals surface area contributed by atoms with Gasteiger partial charge in [0.15, 0.2) is 0 Å². The molecule has 1 aromatic rings. The number of halogens is 1. The van der Waals surface area contributed by atoms with Crippen molar-refractivity contribution in [2.45, 2.75) is 31.7 Å². The maximum absolute atomic E-state index is 14.2. The summed E-state index contributed by atoms with van der Waals surface area (Å²) in [5, 5.41) is 3.82. The van der Waals surface area contributed by atoms with Gasteiger partial charge in [-0.1, -0.05) is 13.0 Å². The summed E-state index contributed by atoms with van der Waals surface area (Å²) >= 11 is 1.99. The molecular weight excluding hydrogens is 287 g/mol. The van der Waals surface area contributed by atoms with Crippen LogP contribution in [0.3, 0.4) is 0 Å². The van der Waals surface area contributed by atoms with Crippen LogP contribution in [-0.2, 0) is 11.3 Å². The zero-order valence-corrected chi connectivity index (χ0v) is 13.9. The highest BCUT2D eigenvalue weighted by molar-refractivity contribution is 8.00. The van der Waals surface area contributed by atoms with Gasteiger partial charge in [0.05, 0.1) is 6.61 Å². The predicted molar refractivity (Wildman–Crippen MR) is 88.7 cm³/mol. The summed E-state index contributed by atoms with van der Waals surface area (Å²) in [5.74, 6) is 0.967. The fourth-order valence-electron chi connectivity index (χ4n) is 2.65. The molecule has 0 aliphatic carbocycles. The second-order valence-corrected chi connectivity index (χ2v) is 6.90. The Labute approximate surface area is 131 Å². The minimum Gasteiger partial charge on any atom is -0.383 e. The number of benzene rings is 1. The van der Waals surface area contributed by atoms with Gasteiger partial charge < -0.3 is 15.0 Å². The van der Waals surface area contributed by atoms with E-state index in [1.165, 1.54) is 0 Å². The van der Waals surface area contributed by atoms with Gasteiger partial charge >= 0.3 is 0 Å². The van der Waals surface area contributed by atoms with Crippen LogP contribution < -0.4 is 10.2 Å². The summed E-state index contributed by atoms with van der Waals surface area (Å²) in [6.07, 6.45) is 0. The van der Waals surface area contributed by atoms with E-state index in [1.807, 2.05) is 23.9 Å². The van der Waals surface area contributed by atoms with Crippen molar-refractivity contribution in [3.8, 4) is 0 Å². The van der Waals surface area contributed by atoms with Crippen molar-refractivity contribution in [3.05, 3.63) is 29.6 Å². The normalized spacial score (nSPS) is 22.6. The van der Waals surface area contributed by atoms with E-state index in [2.05, 4.69) is 24.1 Å². The van der Waals surface area contributed by atoms with Crippen LogP contribution in [0.25, 0.3) is 0 Å². The third-order valence-corrected chi connectivity index (χ3v) is 5.41. The Balaban J connectivity index is 2.16. The Bertz CT molecular complexity index is 458. The van der Waals surface area contributed by atoms with Gasteiger partial charge in [-0.15, -0.1) is 0 Å². The summed E-state index contributed by atoms with van der Waals surface area (Å²) in [7, 11) is 1.67. The lowest BCUT2D eigenvalue weighted by Crippen LogP contribution is -2.45. The van der Waals surface area contributed by atoms with E-state index in [1.54, 1.807) is 13.2 Å². The molecule has 21 heavy (non-hydrogen) atoms. The molecule has 2 unspecified atom stereocenters. The molecule has 3 nitrogen and oxygen atoms in total. The van der Waals surface area contributed by atoms with Gasteiger partial charge in [0.25, 0.3) is 0 Å². The van der Waals surface area contributed by atoms with E-state index in [0.717, 1.165) is 30.1 Å². The highest BCUT2D eigenvalue weighted by atomic mass is 32.2. The van der Waals surface area contributed by atoms with Crippen molar-refractivity contribution < 1.29 is 9.13 Å².